The molecule has 0 aromatic heterocycles. The zero-order chi connectivity index (χ0) is 22.8. The van der Waals surface area contributed by atoms with Crippen LogP contribution >= 0.6 is 11.6 Å². The van der Waals surface area contributed by atoms with Gasteiger partial charge in [0.15, 0.2) is 0 Å². The van der Waals surface area contributed by atoms with Gasteiger partial charge >= 0.3 is 0 Å². The molecule has 0 atom stereocenters. The Morgan fingerprint density at radius 3 is 2.41 bits per heavy atom. The van der Waals surface area contributed by atoms with Crippen LogP contribution in [0.1, 0.15) is 24.0 Å². The maximum Gasteiger partial charge on any atom is 0.240 e. The number of anilines is 1. The Kier molecular flexibility index (Phi) is 8.34. The SMILES string of the molecule is O=C(CCC(=O)Nc1cccc(Cl)c1)NN=Cc1ccc(OCc2ccc(F)cc2)cc1. The summed E-state index contributed by atoms with van der Waals surface area (Å²) in [6, 6.07) is 20.0. The summed E-state index contributed by atoms with van der Waals surface area (Å²) in [7, 11) is 0. The van der Waals surface area contributed by atoms with Crippen LogP contribution in [0.5, 0.6) is 5.75 Å². The molecule has 2 N–H and O–H groups in total. The van der Waals surface area contributed by atoms with Gasteiger partial charge in [-0.1, -0.05) is 29.8 Å². The lowest BCUT2D eigenvalue weighted by Crippen LogP contribution is -2.20. The lowest BCUT2D eigenvalue weighted by atomic mass is 10.2. The fourth-order valence-corrected chi connectivity index (χ4v) is 2.84. The van der Waals surface area contributed by atoms with E-state index in [1.807, 2.05) is 0 Å². The molecule has 3 aromatic carbocycles. The van der Waals surface area contributed by atoms with E-state index in [1.165, 1.54) is 18.3 Å². The average Bonchev–Trinajstić information content (AvgIpc) is 2.78. The highest BCUT2D eigenvalue weighted by molar-refractivity contribution is 6.30. The first-order chi connectivity index (χ1) is 15.5. The molecule has 2 amide bonds. The van der Waals surface area contributed by atoms with Crippen LogP contribution in [0.3, 0.4) is 0 Å². The second-order valence-electron chi connectivity index (χ2n) is 6.84. The van der Waals surface area contributed by atoms with Crippen LogP contribution < -0.4 is 15.5 Å². The number of nitrogens with zero attached hydrogens (tertiary/aromatic N) is 1. The molecule has 0 saturated carbocycles. The van der Waals surface area contributed by atoms with Crippen molar-refractivity contribution in [3.63, 3.8) is 0 Å². The number of amides is 2. The second kappa shape index (κ2) is 11.6. The zero-order valence-corrected chi connectivity index (χ0v) is 17.8. The summed E-state index contributed by atoms with van der Waals surface area (Å²) < 4.78 is 18.6. The molecule has 32 heavy (non-hydrogen) atoms. The van der Waals surface area contributed by atoms with E-state index in [2.05, 4.69) is 15.8 Å². The summed E-state index contributed by atoms with van der Waals surface area (Å²) in [5, 5.41) is 7.09. The Hall–Kier alpha value is -3.71. The van der Waals surface area contributed by atoms with E-state index in [0.717, 1.165) is 11.1 Å². The summed E-state index contributed by atoms with van der Waals surface area (Å²) in [5.74, 6) is -0.295. The van der Waals surface area contributed by atoms with Crippen LogP contribution in [0.25, 0.3) is 0 Å². The third-order valence-corrected chi connectivity index (χ3v) is 4.52. The lowest BCUT2D eigenvalue weighted by molar-refractivity contribution is -0.124. The number of ether oxygens (including phenoxy) is 1. The molecular weight excluding hydrogens is 433 g/mol. The highest BCUT2D eigenvalue weighted by Gasteiger charge is 2.07. The number of benzene rings is 3. The van der Waals surface area contributed by atoms with E-state index in [0.29, 0.717) is 23.1 Å². The normalized spacial score (nSPS) is 10.7. The van der Waals surface area contributed by atoms with E-state index in [4.69, 9.17) is 16.3 Å². The lowest BCUT2D eigenvalue weighted by Gasteiger charge is -2.06. The maximum atomic E-state index is 12.9. The van der Waals surface area contributed by atoms with Gasteiger partial charge < -0.3 is 10.1 Å². The number of hydrazone groups is 1. The number of carbonyl (C=O) groups is 2. The van der Waals surface area contributed by atoms with Crippen LogP contribution in [-0.4, -0.2) is 18.0 Å². The molecule has 0 unspecified atom stereocenters. The molecule has 0 aliphatic carbocycles. The minimum absolute atomic E-state index is 0.0000968. The second-order valence-corrected chi connectivity index (χ2v) is 7.27. The van der Waals surface area contributed by atoms with E-state index >= 15 is 0 Å². The van der Waals surface area contributed by atoms with Crippen LogP contribution in [0.15, 0.2) is 77.9 Å². The van der Waals surface area contributed by atoms with Gasteiger partial charge in [0, 0.05) is 23.6 Å². The minimum Gasteiger partial charge on any atom is -0.489 e. The number of halogens is 2. The van der Waals surface area contributed by atoms with Crippen molar-refractivity contribution in [2.45, 2.75) is 19.4 Å². The van der Waals surface area contributed by atoms with Crippen molar-refractivity contribution in [2.75, 3.05) is 5.32 Å². The zero-order valence-electron chi connectivity index (χ0n) is 17.1. The van der Waals surface area contributed by atoms with E-state index in [1.54, 1.807) is 60.7 Å². The molecule has 0 fully saturated rings. The van der Waals surface area contributed by atoms with Gasteiger partial charge in [0.1, 0.15) is 18.2 Å². The molecule has 0 heterocycles. The predicted octanol–water partition coefficient (Wildman–Crippen LogP) is 4.93. The van der Waals surface area contributed by atoms with Crippen molar-refractivity contribution in [3.8, 4) is 5.75 Å². The predicted molar refractivity (Wildman–Crippen MR) is 122 cm³/mol. The molecule has 0 bridgehead atoms. The number of hydrogen-bond acceptors (Lipinski definition) is 4. The Labute approximate surface area is 190 Å². The number of rotatable bonds is 9. The van der Waals surface area contributed by atoms with Crippen molar-refractivity contribution in [1.82, 2.24) is 5.43 Å². The van der Waals surface area contributed by atoms with Gasteiger partial charge in [0.25, 0.3) is 0 Å². The smallest absolute Gasteiger partial charge is 0.240 e. The fraction of sp³-hybridized carbons (Fsp3) is 0.125. The first-order valence-corrected chi connectivity index (χ1v) is 10.2. The molecule has 3 rings (SSSR count). The molecular formula is C24H21ClFN3O3. The number of nitrogens with one attached hydrogen (secondary N) is 2. The topological polar surface area (TPSA) is 79.8 Å². The average molecular weight is 454 g/mol. The molecule has 0 aliphatic heterocycles. The van der Waals surface area contributed by atoms with Gasteiger partial charge in [0.2, 0.25) is 11.8 Å². The van der Waals surface area contributed by atoms with Crippen molar-refractivity contribution in [1.29, 1.82) is 0 Å². The van der Waals surface area contributed by atoms with Gasteiger partial charge in [-0.25, -0.2) is 9.82 Å². The first kappa shape index (κ1) is 23.0. The molecule has 164 valence electrons. The van der Waals surface area contributed by atoms with Crippen LogP contribution in [0.4, 0.5) is 10.1 Å². The highest BCUT2D eigenvalue weighted by atomic mass is 35.5. The summed E-state index contributed by atoms with van der Waals surface area (Å²) in [5.41, 5.74) is 4.59. The summed E-state index contributed by atoms with van der Waals surface area (Å²) in [6.45, 7) is 0.328. The standard InChI is InChI=1S/C24H21ClFN3O3/c25-19-2-1-3-21(14-19)28-23(30)12-13-24(31)29-27-15-17-6-10-22(11-7-17)32-16-18-4-8-20(26)9-5-18/h1-11,14-15H,12-13,16H2,(H,28,30)(H,29,31). The summed E-state index contributed by atoms with van der Waals surface area (Å²) >= 11 is 5.87. The van der Waals surface area contributed by atoms with Gasteiger partial charge in [-0.05, 0) is 65.7 Å². The molecule has 0 saturated heterocycles. The van der Waals surface area contributed by atoms with E-state index < -0.39 is 0 Å². The Morgan fingerprint density at radius 1 is 0.969 bits per heavy atom. The molecule has 0 radical (unpaired) electrons. The van der Waals surface area contributed by atoms with Crippen molar-refractivity contribution >= 4 is 35.3 Å². The van der Waals surface area contributed by atoms with Crippen molar-refractivity contribution in [3.05, 3.63) is 94.8 Å². The monoisotopic (exact) mass is 453 g/mol. The Morgan fingerprint density at radius 2 is 1.69 bits per heavy atom. The fourth-order valence-electron chi connectivity index (χ4n) is 2.65. The van der Waals surface area contributed by atoms with Gasteiger partial charge in [0.05, 0.1) is 6.21 Å². The van der Waals surface area contributed by atoms with E-state index in [9.17, 15) is 14.0 Å². The number of carbonyl (C=O) groups excluding carboxylic acids is 2. The van der Waals surface area contributed by atoms with Gasteiger partial charge in [-0.3, -0.25) is 9.59 Å². The summed E-state index contributed by atoms with van der Waals surface area (Å²) in [4.78, 5) is 23.8. The third-order valence-electron chi connectivity index (χ3n) is 4.29. The van der Waals surface area contributed by atoms with Gasteiger partial charge in [-0.15, -0.1) is 0 Å². The molecule has 0 spiro atoms. The molecule has 6 nitrogen and oxygen atoms in total. The van der Waals surface area contributed by atoms with Gasteiger partial charge in [-0.2, -0.15) is 5.10 Å². The number of hydrogen-bond donors (Lipinski definition) is 2. The Balaban J connectivity index is 1.37. The third kappa shape index (κ3) is 7.85. The van der Waals surface area contributed by atoms with Crippen LogP contribution in [-0.2, 0) is 16.2 Å². The Bertz CT molecular complexity index is 1090. The molecule has 8 heteroatoms. The molecule has 0 aliphatic rings. The minimum atomic E-state index is -0.373. The largest absolute Gasteiger partial charge is 0.489 e. The quantitative estimate of drug-likeness (QED) is 0.356. The highest BCUT2D eigenvalue weighted by Crippen LogP contribution is 2.15. The van der Waals surface area contributed by atoms with Crippen LogP contribution in [0.2, 0.25) is 5.02 Å². The molecule has 3 aromatic rings. The van der Waals surface area contributed by atoms with Crippen LogP contribution in [0, 0.1) is 5.82 Å². The van der Waals surface area contributed by atoms with Crippen molar-refractivity contribution in [2.24, 2.45) is 5.10 Å². The van der Waals surface area contributed by atoms with Crippen molar-refractivity contribution < 1.29 is 18.7 Å². The summed E-state index contributed by atoms with van der Waals surface area (Å²) in [6.07, 6.45) is 1.52. The maximum absolute atomic E-state index is 12.9. The first-order valence-electron chi connectivity index (χ1n) is 9.82. The van der Waals surface area contributed by atoms with E-state index in [-0.39, 0.29) is 30.5 Å².